The number of rotatable bonds is 9. The second-order valence-electron chi connectivity index (χ2n) is 6.30. The summed E-state index contributed by atoms with van der Waals surface area (Å²) < 4.78 is 5.39. The molecule has 0 aromatic rings. The van der Waals surface area contributed by atoms with Gasteiger partial charge in [0.15, 0.2) is 0 Å². The average molecular weight is 286 g/mol. The fraction of sp³-hybridized carbons (Fsp3) is 0.938. The number of amides is 1. The van der Waals surface area contributed by atoms with E-state index < -0.39 is 5.60 Å². The molecule has 4 nitrogen and oxygen atoms in total. The van der Waals surface area contributed by atoms with Crippen LogP contribution in [0.1, 0.15) is 60.8 Å². The van der Waals surface area contributed by atoms with Crippen LogP contribution in [0.3, 0.4) is 0 Å². The number of carbonyl (C=O) groups excluding carboxylic acids is 1. The van der Waals surface area contributed by atoms with E-state index >= 15 is 0 Å². The first-order valence-electron chi connectivity index (χ1n) is 8.02. The minimum absolute atomic E-state index is 0.208. The minimum atomic E-state index is -0.418. The lowest BCUT2D eigenvalue weighted by atomic mass is 10.0. The molecule has 120 valence electrons. The molecule has 0 aromatic carbocycles. The van der Waals surface area contributed by atoms with Crippen LogP contribution in [-0.4, -0.2) is 42.8 Å². The molecule has 0 heterocycles. The van der Waals surface area contributed by atoms with Gasteiger partial charge in [-0.25, -0.2) is 4.79 Å². The third-order valence-electron chi connectivity index (χ3n) is 3.40. The van der Waals surface area contributed by atoms with Crippen molar-refractivity contribution < 1.29 is 9.53 Å². The van der Waals surface area contributed by atoms with Gasteiger partial charge in [0.05, 0.1) is 0 Å². The van der Waals surface area contributed by atoms with Gasteiger partial charge in [-0.2, -0.15) is 0 Å². The first kappa shape index (κ1) is 19.2. The van der Waals surface area contributed by atoms with Gasteiger partial charge in [-0.1, -0.05) is 26.7 Å². The molecule has 0 rings (SSSR count). The fourth-order valence-electron chi connectivity index (χ4n) is 1.98. The summed E-state index contributed by atoms with van der Waals surface area (Å²) in [5.74, 6) is 0.767. The van der Waals surface area contributed by atoms with Crippen LogP contribution in [0.25, 0.3) is 0 Å². The van der Waals surface area contributed by atoms with Crippen LogP contribution in [0.15, 0.2) is 0 Å². The molecule has 0 saturated carbocycles. The van der Waals surface area contributed by atoms with E-state index in [9.17, 15) is 4.79 Å². The maximum atomic E-state index is 11.9. The van der Waals surface area contributed by atoms with Gasteiger partial charge < -0.3 is 15.0 Å². The number of hydrogen-bond acceptors (Lipinski definition) is 3. The standard InChI is InChI=1S/C16H34N2O2/c1-7-14(8-2)13-17-11-10-12-18(9-3)15(19)20-16(4,5)6/h14,17H,7-13H2,1-6H3. The smallest absolute Gasteiger partial charge is 0.410 e. The van der Waals surface area contributed by atoms with Crippen molar-refractivity contribution in [3.63, 3.8) is 0 Å². The molecule has 0 radical (unpaired) electrons. The molecule has 0 aliphatic heterocycles. The molecular formula is C16H34N2O2. The second kappa shape index (κ2) is 10.0. The normalized spacial score (nSPS) is 11.8. The van der Waals surface area contributed by atoms with Crippen molar-refractivity contribution in [3.8, 4) is 0 Å². The van der Waals surface area contributed by atoms with Gasteiger partial charge in [-0.3, -0.25) is 0 Å². The second-order valence-corrected chi connectivity index (χ2v) is 6.30. The molecule has 20 heavy (non-hydrogen) atoms. The Hall–Kier alpha value is -0.770. The number of nitrogens with zero attached hydrogens (tertiary/aromatic N) is 1. The summed E-state index contributed by atoms with van der Waals surface area (Å²) in [7, 11) is 0. The lowest BCUT2D eigenvalue weighted by Gasteiger charge is -2.26. The highest BCUT2D eigenvalue weighted by molar-refractivity contribution is 5.68. The van der Waals surface area contributed by atoms with Crippen molar-refractivity contribution in [2.24, 2.45) is 5.92 Å². The maximum absolute atomic E-state index is 11.9. The van der Waals surface area contributed by atoms with Gasteiger partial charge in [0.1, 0.15) is 5.60 Å². The zero-order valence-corrected chi connectivity index (χ0v) is 14.3. The van der Waals surface area contributed by atoms with Gasteiger partial charge in [-0.15, -0.1) is 0 Å². The van der Waals surface area contributed by atoms with Crippen molar-refractivity contribution in [1.82, 2.24) is 10.2 Å². The summed E-state index contributed by atoms with van der Waals surface area (Å²) in [6, 6.07) is 0. The highest BCUT2D eigenvalue weighted by atomic mass is 16.6. The van der Waals surface area contributed by atoms with Crippen LogP contribution in [0.5, 0.6) is 0 Å². The Balaban J connectivity index is 3.88. The maximum Gasteiger partial charge on any atom is 0.410 e. The van der Waals surface area contributed by atoms with Gasteiger partial charge in [0.25, 0.3) is 0 Å². The number of carbonyl (C=O) groups is 1. The number of hydrogen-bond donors (Lipinski definition) is 1. The molecule has 0 aliphatic rings. The van der Waals surface area contributed by atoms with Crippen LogP contribution in [0, 0.1) is 5.92 Å². The predicted molar refractivity (Wildman–Crippen MR) is 85.0 cm³/mol. The molecular weight excluding hydrogens is 252 g/mol. The molecule has 0 unspecified atom stereocenters. The Labute approximate surface area is 125 Å². The Kier molecular flexibility index (Phi) is 9.64. The van der Waals surface area contributed by atoms with Gasteiger partial charge in [-0.05, 0) is 53.1 Å². The van der Waals surface area contributed by atoms with E-state index in [-0.39, 0.29) is 6.09 Å². The third-order valence-corrected chi connectivity index (χ3v) is 3.40. The van der Waals surface area contributed by atoms with E-state index in [0.717, 1.165) is 32.0 Å². The fourth-order valence-corrected chi connectivity index (χ4v) is 1.98. The Morgan fingerprint density at radius 2 is 1.80 bits per heavy atom. The van der Waals surface area contributed by atoms with Gasteiger partial charge >= 0.3 is 6.09 Å². The summed E-state index contributed by atoms with van der Waals surface area (Å²) >= 11 is 0. The van der Waals surface area contributed by atoms with Crippen molar-refractivity contribution >= 4 is 6.09 Å². The topological polar surface area (TPSA) is 41.6 Å². The summed E-state index contributed by atoms with van der Waals surface area (Å²) in [6.45, 7) is 15.6. The predicted octanol–water partition coefficient (Wildman–Crippen LogP) is 3.66. The molecule has 1 N–H and O–H groups in total. The first-order chi connectivity index (χ1) is 9.34. The summed E-state index contributed by atoms with van der Waals surface area (Å²) in [5.41, 5.74) is -0.418. The van der Waals surface area contributed by atoms with Crippen LogP contribution >= 0.6 is 0 Å². The third kappa shape index (κ3) is 9.18. The van der Waals surface area contributed by atoms with E-state index in [1.807, 2.05) is 27.7 Å². The van der Waals surface area contributed by atoms with Gasteiger partial charge in [0.2, 0.25) is 0 Å². The molecule has 4 heteroatoms. The Morgan fingerprint density at radius 3 is 2.25 bits per heavy atom. The molecule has 0 fully saturated rings. The lowest BCUT2D eigenvalue weighted by molar-refractivity contribution is 0.0258. The summed E-state index contributed by atoms with van der Waals surface area (Å²) in [5, 5.41) is 3.48. The molecule has 0 aromatic heterocycles. The quantitative estimate of drug-likeness (QED) is 0.658. The molecule has 0 aliphatic carbocycles. The SMILES string of the molecule is CCC(CC)CNCCCN(CC)C(=O)OC(C)(C)C. The molecule has 0 atom stereocenters. The molecule has 0 bridgehead atoms. The highest BCUT2D eigenvalue weighted by Crippen LogP contribution is 2.10. The Bertz CT molecular complexity index is 258. The van der Waals surface area contributed by atoms with Crippen LogP contribution in [0.2, 0.25) is 0 Å². The van der Waals surface area contributed by atoms with E-state index in [1.54, 1.807) is 4.90 Å². The van der Waals surface area contributed by atoms with Crippen molar-refractivity contribution in [2.45, 2.75) is 66.4 Å². The van der Waals surface area contributed by atoms with E-state index in [4.69, 9.17) is 4.74 Å². The zero-order valence-electron chi connectivity index (χ0n) is 14.3. The number of ether oxygens (including phenoxy) is 1. The summed E-state index contributed by atoms with van der Waals surface area (Å²) in [6.07, 6.45) is 3.21. The van der Waals surface area contributed by atoms with E-state index in [1.165, 1.54) is 12.8 Å². The highest BCUT2D eigenvalue weighted by Gasteiger charge is 2.20. The van der Waals surface area contributed by atoms with Crippen LogP contribution < -0.4 is 5.32 Å². The minimum Gasteiger partial charge on any atom is -0.444 e. The summed E-state index contributed by atoms with van der Waals surface area (Å²) in [4.78, 5) is 13.7. The largest absolute Gasteiger partial charge is 0.444 e. The van der Waals surface area contributed by atoms with Crippen LogP contribution in [0.4, 0.5) is 4.79 Å². The van der Waals surface area contributed by atoms with Gasteiger partial charge in [0, 0.05) is 13.1 Å². The number of nitrogens with one attached hydrogen (secondary N) is 1. The Morgan fingerprint density at radius 1 is 1.20 bits per heavy atom. The molecule has 0 spiro atoms. The first-order valence-corrected chi connectivity index (χ1v) is 8.02. The zero-order chi connectivity index (χ0) is 15.6. The monoisotopic (exact) mass is 286 g/mol. The van der Waals surface area contributed by atoms with Crippen LogP contribution in [-0.2, 0) is 4.74 Å². The van der Waals surface area contributed by atoms with Crippen molar-refractivity contribution in [1.29, 1.82) is 0 Å². The average Bonchev–Trinajstić information content (AvgIpc) is 2.36. The van der Waals surface area contributed by atoms with E-state index in [2.05, 4.69) is 19.2 Å². The lowest BCUT2D eigenvalue weighted by Crippen LogP contribution is -2.38. The van der Waals surface area contributed by atoms with E-state index in [0.29, 0.717) is 6.54 Å². The molecule has 0 saturated heterocycles. The van der Waals surface area contributed by atoms with Crippen molar-refractivity contribution in [2.75, 3.05) is 26.2 Å². The molecule has 1 amide bonds. The van der Waals surface area contributed by atoms with Crippen molar-refractivity contribution in [3.05, 3.63) is 0 Å².